The van der Waals surface area contributed by atoms with E-state index in [2.05, 4.69) is 19.2 Å². The van der Waals surface area contributed by atoms with Gasteiger partial charge in [0.1, 0.15) is 0 Å². The van der Waals surface area contributed by atoms with Crippen molar-refractivity contribution in [2.45, 2.75) is 39.3 Å². The molecule has 0 heterocycles. The molecule has 1 rings (SSSR count). The van der Waals surface area contributed by atoms with Gasteiger partial charge in [0, 0.05) is 30.1 Å². The van der Waals surface area contributed by atoms with E-state index in [0.29, 0.717) is 12.1 Å². The van der Waals surface area contributed by atoms with E-state index in [0.717, 1.165) is 19.6 Å². The molecular weight excluding hydrogens is 198 g/mol. The maximum atomic E-state index is 5.65. The van der Waals surface area contributed by atoms with Gasteiger partial charge in [0.25, 0.3) is 0 Å². The average Bonchev–Trinajstić information content (AvgIpc) is 2.15. The summed E-state index contributed by atoms with van der Waals surface area (Å²) in [6, 6.07) is 0.548. The van der Waals surface area contributed by atoms with E-state index in [4.69, 9.17) is 16.3 Å². The Kier molecular flexibility index (Phi) is 4.42. The highest BCUT2D eigenvalue weighted by Crippen LogP contribution is 2.42. The van der Waals surface area contributed by atoms with Crippen LogP contribution in [0.4, 0.5) is 0 Å². The molecule has 3 heteroatoms. The van der Waals surface area contributed by atoms with Crippen molar-refractivity contribution in [2.24, 2.45) is 5.41 Å². The molecule has 2 unspecified atom stereocenters. The number of nitrogens with one attached hydrogen (secondary N) is 1. The first-order chi connectivity index (χ1) is 6.62. The quantitative estimate of drug-likeness (QED) is 0.764. The molecule has 2 nitrogen and oxygen atoms in total. The average molecular weight is 218 g/mol. The van der Waals surface area contributed by atoms with Gasteiger partial charge in [-0.15, -0.1) is 0 Å². The summed E-state index contributed by atoms with van der Waals surface area (Å²) in [6.07, 6.45) is 3.44. The largest absolute Gasteiger partial charge is 0.378 e. The second-order valence-corrected chi connectivity index (χ2v) is 4.58. The van der Waals surface area contributed by atoms with Crippen LogP contribution in [0.25, 0.3) is 0 Å². The van der Waals surface area contributed by atoms with Crippen molar-refractivity contribution in [3.8, 4) is 0 Å². The van der Waals surface area contributed by atoms with Gasteiger partial charge >= 0.3 is 0 Å². The summed E-state index contributed by atoms with van der Waals surface area (Å²) >= 11 is 5.45. The lowest BCUT2D eigenvalue weighted by Gasteiger charge is -2.51. The van der Waals surface area contributed by atoms with Crippen LogP contribution in [-0.2, 0) is 4.74 Å². The Labute approximate surface area is 91.7 Å². The summed E-state index contributed by atoms with van der Waals surface area (Å²) in [5.74, 6) is 0. The van der Waals surface area contributed by atoms with Gasteiger partial charge < -0.3 is 10.1 Å². The van der Waals surface area contributed by atoms with Gasteiger partial charge in [-0.3, -0.25) is 0 Å². The summed E-state index contributed by atoms with van der Waals surface area (Å²) in [4.78, 5) is 0. The molecule has 0 aromatic heterocycles. The third-order valence-electron chi connectivity index (χ3n) is 3.12. The summed E-state index contributed by atoms with van der Waals surface area (Å²) in [5.41, 5.74) is 1.80. The zero-order chi connectivity index (χ0) is 10.6. The maximum Gasteiger partial charge on any atom is 0.0655 e. The van der Waals surface area contributed by atoms with E-state index >= 15 is 0 Å². The molecule has 0 aromatic carbocycles. The molecule has 1 aliphatic rings. The van der Waals surface area contributed by atoms with Gasteiger partial charge in [-0.25, -0.2) is 0 Å². The molecule has 0 aliphatic heterocycles. The predicted octanol–water partition coefficient (Wildman–Crippen LogP) is 2.53. The van der Waals surface area contributed by atoms with Gasteiger partial charge in [-0.1, -0.05) is 31.5 Å². The first-order valence-electron chi connectivity index (χ1n) is 5.23. The lowest BCUT2D eigenvalue weighted by Crippen LogP contribution is -2.60. The SMILES string of the molecule is CCOC1CC(NC/C=C/Cl)C1(C)C. The summed E-state index contributed by atoms with van der Waals surface area (Å²) < 4.78 is 5.65. The van der Waals surface area contributed by atoms with Crippen molar-refractivity contribution in [2.75, 3.05) is 13.2 Å². The van der Waals surface area contributed by atoms with Crippen LogP contribution < -0.4 is 5.32 Å². The predicted molar refractivity (Wildman–Crippen MR) is 60.6 cm³/mol. The Balaban J connectivity index is 2.30. The highest BCUT2D eigenvalue weighted by Gasteiger charge is 2.48. The van der Waals surface area contributed by atoms with Crippen LogP contribution in [-0.4, -0.2) is 25.3 Å². The molecule has 0 amide bonds. The normalized spacial score (nSPS) is 30.6. The van der Waals surface area contributed by atoms with Crippen LogP contribution in [0, 0.1) is 5.41 Å². The molecule has 1 N–H and O–H groups in total. The molecule has 14 heavy (non-hydrogen) atoms. The Bertz CT molecular complexity index is 203. The Morgan fingerprint density at radius 3 is 2.79 bits per heavy atom. The fourth-order valence-corrected chi connectivity index (χ4v) is 2.06. The fourth-order valence-electron chi connectivity index (χ4n) is 1.97. The molecule has 0 spiro atoms. The number of hydrogen-bond donors (Lipinski definition) is 1. The van der Waals surface area contributed by atoms with E-state index in [-0.39, 0.29) is 5.41 Å². The summed E-state index contributed by atoms with van der Waals surface area (Å²) in [5, 5.41) is 3.45. The molecule has 82 valence electrons. The Morgan fingerprint density at radius 1 is 1.57 bits per heavy atom. The third-order valence-corrected chi connectivity index (χ3v) is 3.29. The first-order valence-corrected chi connectivity index (χ1v) is 5.66. The first kappa shape index (κ1) is 12.0. The van der Waals surface area contributed by atoms with Gasteiger partial charge in [0.2, 0.25) is 0 Å². The van der Waals surface area contributed by atoms with Crippen molar-refractivity contribution in [3.63, 3.8) is 0 Å². The molecule has 0 aromatic rings. The topological polar surface area (TPSA) is 21.3 Å². The van der Waals surface area contributed by atoms with E-state index in [1.54, 1.807) is 5.54 Å². The molecule has 0 bridgehead atoms. The lowest BCUT2D eigenvalue weighted by atomic mass is 9.64. The van der Waals surface area contributed by atoms with Gasteiger partial charge in [-0.2, -0.15) is 0 Å². The van der Waals surface area contributed by atoms with E-state index in [9.17, 15) is 0 Å². The van der Waals surface area contributed by atoms with E-state index < -0.39 is 0 Å². The van der Waals surface area contributed by atoms with Crippen molar-refractivity contribution in [1.82, 2.24) is 5.32 Å². The summed E-state index contributed by atoms with van der Waals surface area (Å²) in [7, 11) is 0. The van der Waals surface area contributed by atoms with Crippen molar-refractivity contribution in [1.29, 1.82) is 0 Å². The van der Waals surface area contributed by atoms with Gasteiger partial charge in [0.15, 0.2) is 0 Å². The Hall–Kier alpha value is -0.0500. The minimum absolute atomic E-state index is 0.246. The van der Waals surface area contributed by atoms with E-state index in [1.165, 1.54) is 0 Å². The van der Waals surface area contributed by atoms with Crippen LogP contribution in [0.2, 0.25) is 0 Å². The van der Waals surface area contributed by atoms with Crippen molar-refractivity contribution < 1.29 is 4.74 Å². The van der Waals surface area contributed by atoms with Crippen LogP contribution in [0.1, 0.15) is 27.2 Å². The van der Waals surface area contributed by atoms with E-state index in [1.807, 2.05) is 13.0 Å². The Morgan fingerprint density at radius 2 is 2.29 bits per heavy atom. The van der Waals surface area contributed by atoms with Crippen LogP contribution in [0.5, 0.6) is 0 Å². The smallest absolute Gasteiger partial charge is 0.0655 e. The van der Waals surface area contributed by atoms with Gasteiger partial charge in [-0.05, 0) is 13.3 Å². The lowest BCUT2D eigenvalue weighted by molar-refractivity contribution is -0.113. The highest BCUT2D eigenvalue weighted by atomic mass is 35.5. The zero-order valence-electron chi connectivity index (χ0n) is 9.22. The third kappa shape index (κ3) is 2.50. The molecule has 0 radical (unpaired) electrons. The monoisotopic (exact) mass is 217 g/mol. The van der Waals surface area contributed by atoms with Gasteiger partial charge in [0.05, 0.1) is 6.10 Å². The van der Waals surface area contributed by atoms with Crippen LogP contribution in [0.15, 0.2) is 11.6 Å². The van der Waals surface area contributed by atoms with Crippen molar-refractivity contribution >= 4 is 11.6 Å². The molecule has 0 saturated heterocycles. The molecule has 2 atom stereocenters. The summed E-state index contributed by atoms with van der Waals surface area (Å²) in [6.45, 7) is 8.20. The number of ether oxygens (including phenoxy) is 1. The standard InChI is InChI=1S/C11H20ClNO/c1-4-14-10-8-9(11(10,2)3)13-7-5-6-12/h5-6,9-10,13H,4,7-8H2,1-3H3/b6-5+. The molecule has 1 saturated carbocycles. The van der Waals surface area contributed by atoms with Crippen molar-refractivity contribution in [3.05, 3.63) is 11.6 Å². The van der Waals surface area contributed by atoms with Crippen LogP contribution >= 0.6 is 11.6 Å². The zero-order valence-corrected chi connectivity index (χ0v) is 9.97. The highest BCUT2D eigenvalue weighted by molar-refractivity contribution is 6.25. The molecular formula is C11H20ClNO. The minimum atomic E-state index is 0.246. The van der Waals surface area contributed by atoms with Crippen LogP contribution in [0.3, 0.4) is 0 Å². The number of rotatable bonds is 5. The molecule has 1 fully saturated rings. The fraction of sp³-hybridized carbons (Fsp3) is 0.818. The second kappa shape index (κ2) is 5.15. The second-order valence-electron chi connectivity index (χ2n) is 4.32. The molecule has 1 aliphatic carbocycles. The number of halogens is 1. The maximum absolute atomic E-state index is 5.65. The minimum Gasteiger partial charge on any atom is -0.378 e. The number of hydrogen-bond acceptors (Lipinski definition) is 2.